The number of benzene rings is 1. The predicted octanol–water partition coefficient (Wildman–Crippen LogP) is 2.89. The van der Waals surface area contributed by atoms with Crippen molar-refractivity contribution < 1.29 is 4.79 Å². The van der Waals surface area contributed by atoms with E-state index in [1.54, 1.807) is 12.3 Å². The van der Waals surface area contributed by atoms with E-state index in [1.807, 2.05) is 11.0 Å². The molecule has 1 saturated heterocycles. The van der Waals surface area contributed by atoms with Crippen LogP contribution in [0.3, 0.4) is 0 Å². The molecule has 1 N–H and O–H groups in total. The van der Waals surface area contributed by atoms with Gasteiger partial charge < -0.3 is 10.2 Å². The number of nitrogens with zero attached hydrogens (tertiary/aromatic N) is 4. The van der Waals surface area contributed by atoms with E-state index in [4.69, 9.17) is 0 Å². The van der Waals surface area contributed by atoms with E-state index in [2.05, 4.69) is 58.3 Å². The second-order valence-electron chi connectivity index (χ2n) is 7.43. The molecule has 0 unspecified atom stereocenters. The minimum Gasteiger partial charge on any atom is -0.354 e. The van der Waals surface area contributed by atoms with Crippen LogP contribution in [-0.4, -0.2) is 58.4 Å². The Hall–Kier alpha value is -2.47. The van der Waals surface area contributed by atoms with Crippen LogP contribution in [0.4, 0.5) is 5.95 Å². The van der Waals surface area contributed by atoms with Crippen molar-refractivity contribution in [2.45, 2.75) is 26.8 Å². The molecule has 0 bridgehead atoms. The molecule has 1 fully saturated rings. The summed E-state index contributed by atoms with van der Waals surface area (Å²) in [5, 5.41) is 3.21. The van der Waals surface area contributed by atoms with Gasteiger partial charge >= 0.3 is 0 Å². The molecule has 2 heterocycles. The van der Waals surface area contributed by atoms with Crippen molar-refractivity contribution in [2.75, 3.05) is 38.0 Å². The Morgan fingerprint density at radius 3 is 2.56 bits per heavy atom. The summed E-state index contributed by atoms with van der Waals surface area (Å²) in [5.74, 6) is 1.14. The van der Waals surface area contributed by atoms with Gasteiger partial charge in [-0.15, -0.1) is 0 Å². The van der Waals surface area contributed by atoms with Gasteiger partial charge in [0, 0.05) is 45.5 Å². The molecule has 1 aromatic carbocycles. The standard InChI is InChI=1S/C21H29N5O/c1-17(2)8-10-22-21-23-11-9-19(24-21)20(27)26-14-12-25(13-15-26)16-18-6-4-3-5-7-18/h3-7,9,11,17H,8,10,12-16H2,1-2H3,(H,22,23,24). The van der Waals surface area contributed by atoms with Crippen LogP contribution >= 0.6 is 0 Å². The number of piperazine rings is 1. The van der Waals surface area contributed by atoms with Crippen molar-refractivity contribution in [2.24, 2.45) is 5.92 Å². The Bertz CT molecular complexity index is 726. The molecule has 6 nitrogen and oxygen atoms in total. The Morgan fingerprint density at radius 1 is 1.11 bits per heavy atom. The Balaban J connectivity index is 1.51. The molecular formula is C21H29N5O. The number of hydrogen-bond acceptors (Lipinski definition) is 5. The first-order chi connectivity index (χ1) is 13.1. The summed E-state index contributed by atoms with van der Waals surface area (Å²) in [6.45, 7) is 9.32. The molecule has 1 aliphatic heterocycles. The minimum atomic E-state index is -0.0105. The lowest BCUT2D eigenvalue weighted by Crippen LogP contribution is -2.48. The highest BCUT2D eigenvalue weighted by Crippen LogP contribution is 2.11. The summed E-state index contributed by atoms with van der Waals surface area (Å²) in [6, 6.07) is 12.2. The first-order valence-electron chi connectivity index (χ1n) is 9.74. The van der Waals surface area contributed by atoms with Crippen LogP contribution in [0.1, 0.15) is 36.3 Å². The molecule has 144 valence electrons. The number of amides is 1. The zero-order valence-corrected chi connectivity index (χ0v) is 16.3. The Kier molecular flexibility index (Phi) is 6.76. The highest BCUT2D eigenvalue weighted by Gasteiger charge is 2.23. The van der Waals surface area contributed by atoms with Crippen LogP contribution in [0.15, 0.2) is 42.6 Å². The van der Waals surface area contributed by atoms with Crippen molar-refractivity contribution >= 4 is 11.9 Å². The van der Waals surface area contributed by atoms with E-state index in [0.29, 0.717) is 17.6 Å². The molecule has 3 rings (SSSR count). The first kappa shape index (κ1) is 19.3. The maximum absolute atomic E-state index is 12.8. The fourth-order valence-electron chi connectivity index (χ4n) is 3.15. The van der Waals surface area contributed by atoms with E-state index >= 15 is 0 Å². The zero-order valence-electron chi connectivity index (χ0n) is 16.3. The molecule has 0 atom stereocenters. The summed E-state index contributed by atoms with van der Waals surface area (Å²) in [6.07, 6.45) is 2.70. The maximum atomic E-state index is 12.8. The van der Waals surface area contributed by atoms with Gasteiger partial charge in [-0.05, 0) is 24.0 Å². The van der Waals surface area contributed by atoms with Crippen LogP contribution < -0.4 is 5.32 Å². The fourth-order valence-corrected chi connectivity index (χ4v) is 3.15. The van der Waals surface area contributed by atoms with Crippen molar-refractivity contribution in [1.82, 2.24) is 19.8 Å². The number of carbonyl (C=O) groups excluding carboxylic acids is 1. The number of anilines is 1. The van der Waals surface area contributed by atoms with Gasteiger partial charge in [-0.1, -0.05) is 44.2 Å². The highest BCUT2D eigenvalue weighted by atomic mass is 16.2. The molecule has 0 saturated carbocycles. The van der Waals surface area contributed by atoms with Gasteiger partial charge in [-0.3, -0.25) is 9.69 Å². The van der Waals surface area contributed by atoms with Gasteiger partial charge in [0.05, 0.1) is 0 Å². The largest absolute Gasteiger partial charge is 0.354 e. The second-order valence-corrected chi connectivity index (χ2v) is 7.43. The molecule has 0 aliphatic carbocycles. The summed E-state index contributed by atoms with van der Waals surface area (Å²) in [4.78, 5) is 25.7. The van der Waals surface area contributed by atoms with Crippen molar-refractivity contribution in [3.05, 3.63) is 53.9 Å². The molecule has 0 spiro atoms. The molecular weight excluding hydrogens is 338 g/mol. The zero-order chi connectivity index (χ0) is 19.1. The van der Waals surface area contributed by atoms with Gasteiger partial charge in [-0.25, -0.2) is 9.97 Å². The number of hydrogen-bond donors (Lipinski definition) is 1. The summed E-state index contributed by atoms with van der Waals surface area (Å²) >= 11 is 0. The number of aromatic nitrogens is 2. The molecule has 6 heteroatoms. The SMILES string of the molecule is CC(C)CCNc1nccc(C(=O)N2CCN(Cc3ccccc3)CC2)n1. The van der Waals surface area contributed by atoms with Gasteiger partial charge in [0.15, 0.2) is 0 Å². The van der Waals surface area contributed by atoms with Crippen LogP contribution in [0.2, 0.25) is 0 Å². The number of nitrogens with one attached hydrogen (secondary N) is 1. The second kappa shape index (κ2) is 9.46. The number of carbonyl (C=O) groups is 1. The van der Waals surface area contributed by atoms with Crippen molar-refractivity contribution in [1.29, 1.82) is 0 Å². The predicted molar refractivity (Wildman–Crippen MR) is 108 cm³/mol. The number of rotatable bonds is 7. The van der Waals surface area contributed by atoms with E-state index in [1.165, 1.54) is 5.56 Å². The Labute approximate surface area is 161 Å². The molecule has 1 aromatic heterocycles. The molecule has 0 radical (unpaired) electrons. The molecule has 1 aliphatic rings. The van der Waals surface area contributed by atoms with Crippen LogP contribution in [-0.2, 0) is 6.54 Å². The minimum absolute atomic E-state index is 0.0105. The summed E-state index contributed by atoms with van der Waals surface area (Å²) < 4.78 is 0. The van der Waals surface area contributed by atoms with Gasteiger partial charge in [-0.2, -0.15) is 0 Å². The van der Waals surface area contributed by atoms with Gasteiger partial charge in [0.2, 0.25) is 5.95 Å². The van der Waals surface area contributed by atoms with E-state index in [0.717, 1.165) is 45.7 Å². The normalized spacial score (nSPS) is 15.1. The van der Waals surface area contributed by atoms with E-state index < -0.39 is 0 Å². The lowest BCUT2D eigenvalue weighted by Gasteiger charge is -2.34. The van der Waals surface area contributed by atoms with Gasteiger partial charge in [0.1, 0.15) is 5.69 Å². The average Bonchev–Trinajstić information content (AvgIpc) is 2.69. The van der Waals surface area contributed by atoms with Gasteiger partial charge in [0.25, 0.3) is 5.91 Å². The smallest absolute Gasteiger partial charge is 0.272 e. The van der Waals surface area contributed by atoms with E-state index in [-0.39, 0.29) is 5.91 Å². The van der Waals surface area contributed by atoms with E-state index in [9.17, 15) is 4.79 Å². The maximum Gasteiger partial charge on any atom is 0.272 e. The molecule has 2 aromatic rings. The first-order valence-corrected chi connectivity index (χ1v) is 9.74. The fraction of sp³-hybridized carbons (Fsp3) is 0.476. The third kappa shape index (κ3) is 5.76. The third-order valence-corrected chi connectivity index (χ3v) is 4.79. The quantitative estimate of drug-likeness (QED) is 0.815. The lowest BCUT2D eigenvalue weighted by atomic mass is 10.1. The van der Waals surface area contributed by atoms with Crippen LogP contribution in [0.5, 0.6) is 0 Å². The third-order valence-electron chi connectivity index (χ3n) is 4.79. The topological polar surface area (TPSA) is 61.4 Å². The summed E-state index contributed by atoms with van der Waals surface area (Å²) in [5.41, 5.74) is 1.78. The van der Waals surface area contributed by atoms with Crippen LogP contribution in [0, 0.1) is 5.92 Å². The van der Waals surface area contributed by atoms with Crippen molar-refractivity contribution in [3.8, 4) is 0 Å². The Morgan fingerprint density at radius 2 is 1.85 bits per heavy atom. The average molecular weight is 367 g/mol. The monoisotopic (exact) mass is 367 g/mol. The van der Waals surface area contributed by atoms with Crippen LogP contribution in [0.25, 0.3) is 0 Å². The summed E-state index contributed by atoms with van der Waals surface area (Å²) in [7, 11) is 0. The lowest BCUT2D eigenvalue weighted by molar-refractivity contribution is 0.0622. The molecule has 27 heavy (non-hydrogen) atoms. The van der Waals surface area contributed by atoms with Crippen molar-refractivity contribution in [3.63, 3.8) is 0 Å². The highest BCUT2D eigenvalue weighted by molar-refractivity contribution is 5.92. The molecule has 1 amide bonds.